The highest BCUT2D eigenvalue weighted by molar-refractivity contribution is 5.95. The Labute approximate surface area is 174 Å². The van der Waals surface area contributed by atoms with Crippen LogP contribution in [0.1, 0.15) is 48.5 Å². The first-order valence-corrected chi connectivity index (χ1v) is 11.0. The van der Waals surface area contributed by atoms with Gasteiger partial charge in [0.05, 0.1) is 0 Å². The van der Waals surface area contributed by atoms with Gasteiger partial charge in [-0.2, -0.15) is 0 Å². The lowest BCUT2D eigenvalue weighted by atomic mass is 10.00. The van der Waals surface area contributed by atoms with Gasteiger partial charge in [-0.05, 0) is 43.4 Å². The molecule has 0 bridgehead atoms. The number of hydrogen-bond donors (Lipinski definition) is 0. The van der Waals surface area contributed by atoms with Crippen molar-refractivity contribution in [1.82, 2.24) is 14.8 Å². The molecule has 5 heteroatoms. The van der Waals surface area contributed by atoms with Crippen molar-refractivity contribution in [2.75, 3.05) is 37.6 Å². The van der Waals surface area contributed by atoms with Gasteiger partial charge in [0.25, 0.3) is 5.91 Å². The van der Waals surface area contributed by atoms with Gasteiger partial charge >= 0.3 is 0 Å². The van der Waals surface area contributed by atoms with Gasteiger partial charge in [-0.25, -0.2) is 4.98 Å². The number of aromatic nitrogens is 1. The fraction of sp³-hybridized carbons (Fsp3) is 0.500. The predicted molar refractivity (Wildman–Crippen MR) is 117 cm³/mol. The molecule has 1 amide bonds. The molecule has 29 heavy (non-hydrogen) atoms. The molecule has 0 saturated carbocycles. The minimum atomic E-state index is 0.137. The number of anilines is 1. The lowest BCUT2D eigenvalue weighted by molar-refractivity contribution is 0.0628. The van der Waals surface area contributed by atoms with Crippen molar-refractivity contribution in [3.63, 3.8) is 0 Å². The third-order valence-electron chi connectivity index (χ3n) is 6.29. The van der Waals surface area contributed by atoms with E-state index < -0.39 is 0 Å². The van der Waals surface area contributed by atoms with Gasteiger partial charge in [0, 0.05) is 57.1 Å². The minimum Gasteiger partial charge on any atom is -0.354 e. The van der Waals surface area contributed by atoms with Crippen LogP contribution in [0.2, 0.25) is 0 Å². The van der Waals surface area contributed by atoms with E-state index in [0.29, 0.717) is 6.04 Å². The Bertz CT molecular complexity index is 802. The molecule has 1 atom stereocenters. The third-order valence-corrected chi connectivity index (χ3v) is 6.29. The molecule has 154 valence electrons. The van der Waals surface area contributed by atoms with E-state index in [1.165, 1.54) is 24.8 Å². The van der Waals surface area contributed by atoms with E-state index in [1.54, 1.807) is 6.20 Å². The van der Waals surface area contributed by atoms with Crippen molar-refractivity contribution in [2.24, 2.45) is 0 Å². The summed E-state index contributed by atoms with van der Waals surface area (Å²) in [4.78, 5) is 24.5. The number of piperidine rings is 1. The summed E-state index contributed by atoms with van der Waals surface area (Å²) in [7, 11) is 0. The molecular weight excluding hydrogens is 360 g/mol. The number of pyridine rings is 1. The number of benzene rings is 1. The molecule has 2 fully saturated rings. The van der Waals surface area contributed by atoms with Crippen molar-refractivity contribution in [3.8, 4) is 0 Å². The standard InChI is InChI=1S/C24H32N4O/c1-2-22-10-6-7-13-28(22)23-18-21(11-12-25-23)24(29)27-16-14-26(15-17-27)19-20-8-4-3-5-9-20/h3-5,8-9,11-12,18,22H,2,6-7,10,13-17,19H2,1H3. The van der Waals surface area contributed by atoms with E-state index in [0.717, 1.165) is 57.1 Å². The van der Waals surface area contributed by atoms with Gasteiger partial charge in [0.1, 0.15) is 5.82 Å². The predicted octanol–water partition coefficient (Wildman–Crippen LogP) is 3.81. The zero-order chi connectivity index (χ0) is 20.1. The Balaban J connectivity index is 1.37. The molecule has 2 aliphatic rings. The van der Waals surface area contributed by atoms with Crippen molar-refractivity contribution < 1.29 is 4.79 Å². The van der Waals surface area contributed by atoms with Crippen LogP contribution in [0, 0.1) is 0 Å². The van der Waals surface area contributed by atoms with E-state index in [-0.39, 0.29) is 5.91 Å². The average Bonchev–Trinajstić information content (AvgIpc) is 2.80. The molecule has 1 aromatic carbocycles. The molecule has 0 N–H and O–H groups in total. The average molecular weight is 393 g/mol. The smallest absolute Gasteiger partial charge is 0.254 e. The van der Waals surface area contributed by atoms with Gasteiger partial charge in [0.2, 0.25) is 0 Å². The number of piperazine rings is 1. The lowest BCUT2D eigenvalue weighted by Crippen LogP contribution is -2.48. The molecule has 0 radical (unpaired) electrons. The number of carbonyl (C=O) groups is 1. The highest BCUT2D eigenvalue weighted by Crippen LogP contribution is 2.26. The molecule has 3 heterocycles. The summed E-state index contributed by atoms with van der Waals surface area (Å²) in [6.45, 7) is 7.64. The SMILES string of the molecule is CCC1CCCCN1c1cc(C(=O)N2CCN(Cc3ccccc3)CC2)ccn1. The summed E-state index contributed by atoms with van der Waals surface area (Å²) in [5, 5.41) is 0. The highest BCUT2D eigenvalue weighted by Gasteiger charge is 2.25. The zero-order valence-corrected chi connectivity index (χ0v) is 17.5. The van der Waals surface area contributed by atoms with E-state index in [4.69, 9.17) is 0 Å². The van der Waals surface area contributed by atoms with Gasteiger partial charge in [-0.15, -0.1) is 0 Å². The lowest BCUT2D eigenvalue weighted by Gasteiger charge is -2.37. The van der Waals surface area contributed by atoms with E-state index in [9.17, 15) is 4.79 Å². The van der Waals surface area contributed by atoms with Gasteiger partial charge in [-0.1, -0.05) is 37.3 Å². The summed E-state index contributed by atoms with van der Waals surface area (Å²) in [6, 6.07) is 15.0. The van der Waals surface area contributed by atoms with Gasteiger partial charge < -0.3 is 9.80 Å². The normalized spacial score (nSPS) is 20.7. The number of rotatable bonds is 5. The van der Waals surface area contributed by atoms with Crippen molar-refractivity contribution >= 4 is 11.7 Å². The quantitative estimate of drug-likeness (QED) is 0.776. The van der Waals surface area contributed by atoms with Crippen LogP contribution in [-0.4, -0.2) is 59.5 Å². The summed E-state index contributed by atoms with van der Waals surface area (Å²) in [5.74, 6) is 1.10. The first-order valence-electron chi connectivity index (χ1n) is 11.0. The second-order valence-corrected chi connectivity index (χ2v) is 8.21. The minimum absolute atomic E-state index is 0.137. The maximum absolute atomic E-state index is 13.1. The van der Waals surface area contributed by atoms with Gasteiger partial charge in [-0.3, -0.25) is 9.69 Å². The second kappa shape index (κ2) is 9.40. The largest absolute Gasteiger partial charge is 0.354 e. The number of carbonyl (C=O) groups excluding carboxylic acids is 1. The molecule has 5 nitrogen and oxygen atoms in total. The number of hydrogen-bond acceptors (Lipinski definition) is 4. The van der Waals surface area contributed by atoms with Crippen molar-refractivity contribution in [3.05, 3.63) is 59.8 Å². The molecule has 4 rings (SSSR count). The Morgan fingerprint density at radius 2 is 1.83 bits per heavy atom. The van der Waals surface area contributed by atoms with Gasteiger partial charge in [0.15, 0.2) is 0 Å². The summed E-state index contributed by atoms with van der Waals surface area (Å²) in [5.41, 5.74) is 2.10. The fourth-order valence-corrected chi connectivity index (χ4v) is 4.57. The Morgan fingerprint density at radius 1 is 1.03 bits per heavy atom. The van der Waals surface area contributed by atoms with Crippen LogP contribution in [0.4, 0.5) is 5.82 Å². The van der Waals surface area contributed by atoms with E-state index in [1.807, 2.05) is 17.0 Å². The highest BCUT2D eigenvalue weighted by atomic mass is 16.2. The van der Waals surface area contributed by atoms with Crippen LogP contribution in [0.3, 0.4) is 0 Å². The van der Waals surface area contributed by atoms with Crippen LogP contribution >= 0.6 is 0 Å². The number of nitrogens with zero attached hydrogens (tertiary/aromatic N) is 4. The van der Waals surface area contributed by atoms with Crippen molar-refractivity contribution in [2.45, 2.75) is 45.2 Å². The molecule has 2 saturated heterocycles. The van der Waals surface area contributed by atoms with Crippen LogP contribution in [0.25, 0.3) is 0 Å². The van der Waals surface area contributed by atoms with Crippen LogP contribution < -0.4 is 4.90 Å². The molecule has 1 unspecified atom stereocenters. The first-order chi connectivity index (χ1) is 14.2. The third kappa shape index (κ3) is 4.78. The maximum atomic E-state index is 13.1. The van der Waals surface area contributed by atoms with Crippen LogP contribution in [-0.2, 0) is 6.54 Å². The summed E-state index contributed by atoms with van der Waals surface area (Å²) < 4.78 is 0. The monoisotopic (exact) mass is 392 g/mol. The van der Waals surface area contributed by atoms with E-state index >= 15 is 0 Å². The Hall–Kier alpha value is -2.40. The molecule has 0 spiro atoms. The Kier molecular flexibility index (Phi) is 6.45. The second-order valence-electron chi connectivity index (χ2n) is 8.21. The van der Waals surface area contributed by atoms with Crippen molar-refractivity contribution in [1.29, 1.82) is 0 Å². The van der Waals surface area contributed by atoms with Crippen LogP contribution in [0.15, 0.2) is 48.7 Å². The number of amides is 1. The maximum Gasteiger partial charge on any atom is 0.254 e. The van der Waals surface area contributed by atoms with E-state index in [2.05, 4.69) is 52.0 Å². The zero-order valence-electron chi connectivity index (χ0n) is 17.5. The van der Waals surface area contributed by atoms with Crippen LogP contribution in [0.5, 0.6) is 0 Å². The molecule has 1 aromatic heterocycles. The summed E-state index contributed by atoms with van der Waals surface area (Å²) in [6.07, 6.45) is 6.65. The molecular formula is C24H32N4O. The molecule has 2 aliphatic heterocycles. The fourth-order valence-electron chi connectivity index (χ4n) is 4.57. The Morgan fingerprint density at radius 3 is 2.59 bits per heavy atom. The molecule has 0 aliphatic carbocycles. The topological polar surface area (TPSA) is 39.7 Å². The first kappa shape index (κ1) is 19.9. The molecule has 2 aromatic rings. The summed E-state index contributed by atoms with van der Waals surface area (Å²) >= 11 is 0.